The van der Waals surface area contributed by atoms with Crippen LogP contribution >= 0.6 is 0 Å². The van der Waals surface area contributed by atoms with Gasteiger partial charge in [0.1, 0.15) is 0 Å². The molecule has 0 unspecified atom stereocenters. The third-order valence-corrected chi connectivity index (χ3v) is 7.53. The van der Waals surface area contributed by atoms with Crippen LogP contribution in [0.4, 0.5) is 0 Å². The Bertz CT molecular complexity index is 1940. The van der Waals surface area contributed by atoms with E-state index in [1.807, 2.05) is 0 Å². The molecule has 7 aromatic rings. The highest BCUT2D eigenvalue weighted by atomic mass is 14.3. The average Bonchev–Trinajstić information content (AvgIpc) is 3.21. The third-order valence-electron chi connectivity index (χ3n) is 7.53. The van der Waals surface area contributed by atoms with E-state index in [0.29, 0.717) is 0 Å². The van der Waals surface area contributed by atoms with Crippen molar-refractivity contribution in [2.24, 2.45) is 0 Å². The lowest BCUT2D eigenvalue weighted by molar-refractivity contribution is 1.65. The van der Waals surface area contributed by atoms with Gasteiger partial charge in [-0.3, -0.25) is 0 Å². The van der Waals surface area contributed by atoms with Gasteiger partial charge in [-0.05, 0) is 107 Å². The summed E-state index contributed by atoms with van der Waals surface area (Å²) < 4.78 is 0. The Hall–Kier alpha value is -4.42. The highest BCUT2D eigenvalue weighted by Crippen LogP contribution is 2.52. The molecule has 0 radical (unpaired) electrons. The molecule has 0 aromatic heterocycles. The summed E-state index contributed by atoms with van der Waals surface area (Å²) in [5, 5.41) is 10.6. The molecule has 0 bridgehead atoms. The SMILES string of the molecule is c1ccc(-c2cc3c4c(cc5c6ccccc6ccc5c4c2)-c2cc4ccccc4cc2-3)cc1. The number of rotatable bonds is 1. The molecule has 0 amide bonds. The number of fused-ring (bicyclic) bond motifs is 8. The molecule has 0 fully saturated rings. The van der Waals surface area contributed by atoms with Crippen molar-refractivity contribution in [2.45, 2.75) is 0 Å². The Morgan fingerprint density at radius 3 is 1.71 bits per heavy atom. The quantitative estimate of drug-likeness (QED) is 0.228. The zero-order chi connectivity index (χ0) is 22.2. The largest absolute Gasteiger partial charge is 0.0622 e. The summed E-state index contributed by atoms with van der Waals surface area (Å²) in [5.41, 5.74) is 7.93. The zero-order valence-electron chi connectivity index (χ0n) is 18.5. The number of hydrogen-bond donors (Lipinski definition) is 0. The Kier molecular flexibility index (Phi) is 3.48. The first-order chi connectivity index (χ1) is 16.8. The van der Waals surface area contributed by atoms with Gasteiger partial charge in [-0.25, -0.2) is 0 Å². The summed E-state index contributed by atoms with van der Waals surface area (Å²) in [5.74, 6) is 0. The lowest BCUT2D eigenvalue weighted by Crippen LogP contribution is -1.85. The smallest absolute Gasteiger partial charge is 0.00195 e. The van der Waals surface area contributed by atoms with Crippen molar-refractivity contribution in [1.82, 2.24) is 0 Å². The van der Waals surface area contributed by atoms with Crippen molar-refractivity contribution in [2.75, 3.05) is 0 Å². The molecule has 0 saturated carbocycles. The molecular weight excluding hydrogens is 408 g/mol. The summed E-state index contributed by atoms with van der Waals surface area (Å²) in [4.78, 5) is 0. The molecule has 8 rings (SSSR count). The Morgan fingerprint density at radius 1 is 0.294 bits per heavy atom. The van der Waals surface area contributed by atoms with Gasteiger partial charge in [0.2, 0.25) is 0 Å². The summed E-state index contributed by atoms with van der Waals surface area (Å²) in [6, 6.07) is 44.8. The number of hydrogen-bond acceptors (Lipinski definition) is 0. The van der Waals surface area contributed by atoms with Crippen molar-refractivity contribution in [3.8, 4) is 33.4 Å². The molecule has 156 valence electrons. The van der Waals surface area contributed by atoms with E-state index in [4.69, 9.17) is 0 Å². The highest BCUT2D eigenvalue weighted by molar-refractivity contribution is 6.28. The topological polar surface area (TPSA) is 0 Å². The van der Waals surface area contributed by atoms with E-state index >= 15 is 0 Å². The van der Waals surface area contributed by atoms with Gasteiger partial charge in [0.25, 0.3) is 0 Å². The molecule has 0 aliphatic heterocycles. The number of benzene rings is 7. The Labute approximate surface area is 197 Å². The fourth-order valence-electron chi connectivity index (χ4n) is 5.96. The minimum atomic E-state index is 1.26. The minimum absolute atomic E-state index is 1.26. The molecular formula is C34H20. The second-order valence-electron chi connectivity index (χ2n) is 9.36. The summed E-state index contributed by atoms with van der Waals surface area (Å²) in [6.45, 7) is 0. The summed E-state index contributed by atoms with van der Waals surface area (Å²) in [6.07, 6.45) is 0. The van der Waals surface area contributed by atoms with Crippen molar-refractivity contribution in [3.05, 3.63) is 121 Å². The second kappa shape index (κ2) is 6.56. The minimum Gasteiger partial charge on any atom is -0.0622 e. The molecule has 0 heteroatoms. The van der Waals surface area contributed by atoms with Crippen molar-refractivity contribution in [3.63, 3.8) is 0 Å². The molecule has 7 aromatic carbocycles. The predicted molar refractivity (Wildman–Crippen MR) is 146 cm³/mol. The monoisotopic (exact) mass is 428 g/mol. The van der Waals surface area contributed by atoms with E-state index in [9.17, 15) is 0 Å². The van der Waals surface area contributed by atoms with Gasteiger partial charge in [0.05, 0.1) is 0 Å². The fraction of sp³-hybridized carbons (Fsp3) is 0. The zero-order valence-corrected chi connectivity index (χ0v) is 18.5. The van der Waals surface area contributed by atoms with E-state index in [0.717, 1.165) is 0 Å². The fourth-order valence-corrected chi connectivity index (χ4v) is 5.96. The molecule has 0 spiro atoms. The maximum absolute atomic E-state index is 2.44. The summed E-state index contributed by atoms with van der Waals surface area (Å²) in [7, 11) is 0. The maximum atomic E-state index is 2.44. The van der Waals surface area contributed by atoms with Crippen LogP contribution in [0.3, 0.4) is 0 Å². The standard InChI is InChI=1S/C34H20/c1-2-8-21(9-3-1)25-18-31-27-15-14-22-10-6-7-13-26(22)30(27)20-33-29-17-24-12-5-4-11-23(24)16-28(29)32(19-25)34(31)33/h1-20H. The molecule has 1 aliphatic carbocycles. The van der Waals surface area contributed by atoms with Gasteiger partial charge >= 0.3 is 0 Å². The van der Waals surface area contributed by atoms with Gasteiger partial charge < -0.3 is 0 Å². The molecule has 0 N–H and O–H groups in total. The molecule has 0 atom stereocenters. The van der Waals surface area contributed by atoms with Crippen LogP contribution in [0, 0.1) is 0 Å². The lowest BCUT2D eigenvalue weighted by Gasteiger charge is -2.12. The average molecular weight is 429 g/mol. The van der Waals surface area contributed by atoms with Crippen molar-refractivity contribution >= 4 is 43.1 Å². The van der Waals surface area contributed by atoms with E-state index in [2.05, 4.69) is 121 Å². The third kappa shape index (κ3) is 2.37. The first kappa shape index (κ1) is 18.1. The Morgan fingerprint density at radius 2 is 0.941 bits per heavy atom. The van der Waals surface area contributed by atoms with Gasteiger partial charge in [0.15, 0.2) is 0 Å². The molecule has 0 saturated heterocycles. The van der Waals surface area contributed by atoms with Crippen molar-refractivity contribution < 1.29 is 0 Å². The normalized spacial score (nSPS) is 12.1. The van der Waals surface area contributed by atoms with E-state index in [-0.39, 0.29) is 0 Å². The maximum Gasteiger partial charge on any atom is -0.00195 e. The summed E-state index contributed by atoms with van der Waals surface area (Å²) >= 11 is 0. The van der Waals surface area contributed by atoms with Crippen LogP contribution in [0.15, 0.2) is 121 Å². The highest BCUT2D eigenvalue weighted by Gasteiger charge is 2.25. The molecule has 34 heavy (non-hydrogen) atoms. The first-order valence-electron chi connectivity index (χ1n) is 11.9. The second-order valence-corrected chi connectivity index (χ2v) is 9.36. The van der Waals surface area contributed by atoms with Crippen LogP contribution in [0.25, 0.3) is 76.5 Å². The predicted octanol–water partition coefficient (Wildman–Crippen LogP) is 9.61. The van der Waals surface area contributed by atoms with Crippen molar-refractivity contribution in [1.29, 1.82) is 0 Å². The van der Waals surface area contributed by atoms with Crippen LogP contribution in [0.5, 0.6) is 0 Å². The van der Waals surface area contributed by atoms with E-state index in [1.54, 1.807) is 0 Å². The first-order valence-corrected chi connectivity index (χ1v) is 11.9. The van der Waals surface area contributed by atoms with Gasteiger partial charge in [-0.1, -0.05) is 91.0 Å². The van der Waals surface area contributed by atoms with Crippen LogP contribution < -0.4 is 0 Å². The van der Waals surface area contributed by atoms with Crippen LogP contribution in [-0.4, -0.2) is 0 Å². The molecule has 0 heterocycles. The van der Waals surface area contributed by atoms with Crippen LogP contribution in [-0.2, 0) is 0 Å². The van der Waals surface area contributed by atoms with E-state index < -0.39 is 0 Å². The Balaban J connectivity index is 1.60. The van der Waals surface area contributed by atoms with Crippen LogP contribution in [0.1, 0.15) is 0 Å². The van der Waals surface area contributed by atoms with Gasteiger partial charge in [-0.15, -0.1) is 0 Å². The molecule has 1 aliphatic rings. The molecule has 0 nitrogen and oxygen atoms in total. The van der Waals surface area contributed by atoms with Gasteiger partial charge in [-0.2, -0.15) is 0 Å². The van der Waals surface area contributed by atoms with Gasteiger partial charge in [0, 0.05) is 0 Å². The van der Waals surface area contributed by atoms with Crippen LogP contribution in [0.2, 0.25) is 0 Å². The lowest BCUT2D eigenvalue weighted by atomic mass is 9.91. The van der Waals surface area contributed by atoms with E-state index in [1.165, 1.54) is 76.5 Å².